The third-order valence-corrected chi connectivity index (χ3v) is 4.86. The van der Waals surface area contributed by atoms with E-state index in [2.05, 4.69) is 30.7 Å². The van der Waals surface area contributed by atoms with Crippen LogP contribution >= 0.6 is 12.4 Å². The van der Waals surface area contributed by atoms with Gasteiger partial charge < -0.3 is 25.0 Å². The Morgan fingerprint density at radius 2 is 1.88 bits per heavy atom. The number of aromatic amines is 1. The van der Waals surface area contributed by atoms with Crippen LogP contribution in [0.5, 0.6) is 11.5 Å². The molecule has 0 aliphatic rings. The predicted octanol–water partition coefficient (Wildman–Crippen LogP) is 4.72. The molecule has 2 heterocycles. The molecule has 10 heteroatoms. The molecule has 0 fully saturated rings. The fourth-order valence-corrected chi connectivity index (χ4v) is 3.16. The summed E-state index contributed by atoms with van der Waals surface area (Å²) in [6.07, 6.45) is 5.29. The average Bonchev–Trinajstić information content (AvgIpc) is 3.34. The standard InChI is InChI=1S/C24H27N7O2.ClH/c1-31(2)11-12-33-19-8-6-7-18(13-19)28-24-25-16-20(17-14-26-27-15-17)23(30-24)29-21-9-4-5-10-22(21)32-3;/h4-10,13-16H,11-12H2,1-3H3,(H,26,27)(H2,25,28,29,30);1H. The second-order valence-corrected chi connectivity index (χ2v) is 7.57. The zero-order chi connectivity index (χ0) is 23.0. The van der Waals surface area contributed by atoms with Crippen LogP contribution in [-0.4, -0.2) is 59.4 Å². The second kappa shape index (κ2) is 11.9. The molecule has 0 amide bonds. The van der Waals surface area contributed by atoms with E-state index >= 15 is 0 Å². The number of methoxy groups -OCH3 is 1. The van der Waals surface area contributed by atoms with Gasteiger partial charge in [0.15, 0.2) is 0 Å². The topological polar surface area (TPSA) is 100 Å². The highest BCUT2D eigenvalue weighted by atomic mass is 35.5. The van der Waals surface area contributed by atoms with Crippen LogP contribution in [0.15, 0.2) is 67.1 Å². The van der Waals surface area contributed by atoms with Crippen LogP contribution in [0.25, 0.3) is 11.1 Å². The summed E-state index contributed by atoms with van der Waals surface area (Å²) in [5, 5.41) is 13.5. The fourth-order valence-electron chi connectivity index (χ4n) is 3.16. The van der Waals surface area contributed by atoms with Crippen LogP contribution in [0.1, 0.15) is 0 Å². The van der Waals surface area contributed by atoms with Gasteiger partial charge in [-0.2, -0.15) is 10.1 Å². The summed E-state index contributed by atoms with van der Waals surface area (Å²) in [6.45, 7) is 1.45. The van der Waals surface area contributed by atoms with Gasteiger partial charge in [-0.1, -0.05) is 18.2 Å². The van der Waals surface area contributed by atoms with Crippen molar-refractivity contribution in [2.45, 2.75) is 0 Å². The van der Waals surface area contributed by atoms with Gasteiger partial charge in [0.25, 0.3) is 0 Å². The Bertz CT molecular complexity index is 1190. The number of rotatable bonds is 10. The average molecular weight is 482 g/mol. The van der Waals surface area contributed by atoms with Crippen molar-refractivity contribution in [1.82, 2.24) is 25.1 Å². The van der Waals surface area contributed by atoms with Gasteiger partial charge in [0.05, 0.1) is 19.0 Å². The minimum absolute atomic E-state index is 0. The van der Waals surface area contributed by atoms with Crippen LogP contribution in [0.2, 0.25) is 0 Å². The number of H-pyrrole nitrogens is 1. The minimum atomic E-state index is 0. The molecule has 34 heavy (non-hydrogen) atoms. The smallest absolute Gasteiger partial charge is 0.229 e. The van der Waals surface area contributed by atoms with Crippen molar-refractivity contribution in [3.63, 3.8) is 0 Å². The Morgan fingerprint density at radius 1 is 1.03 bits per heavy atom. The first kappa shape index (κ1) is 24.8. The van der Waals surface area contributed by atoms with Gasteiger partial charge in [-0.3, -0.25) is 5.10 Å². The van der Waals surface area contributed by atoms with Gasteiger partial charge >= 0.3 is 0 Å². The molecule has 0 radical (unpaired) electrons. The lowest BCUT2D eigenvalue weighted by Gasteiger charge is -2.15. The first-order chi connectivity index (χ1) is 16.1. The van der Waals surface area contributed by atoms with Gasteiger partial charge in [-0.15, -0.1) is 12.4 Å². The van der Waals surface area contributed by atoms with Crippen molar-refractivity contribution in [3.05, 3.63) is 67.1 Å². The molecule has 0 spiro atoms. The number of benzene rings is 2. The molecule has 2 aromatic carbocycles. The van der Waals surface area contributed by atoms with Crippen molar-refractivity contribution in [3.8, 4) is 22.6 Å². The lowest BCUT2D eigenvalue weighted by Crippen LogP contribution is -2.19. The quantitative estimate of drug-likeness (QED) is 0.299. The number of nitrogens with zero attached hydrogens (tertiary/aromatic N) is 4. The third kappa shape index (κ3) is 6.37. The van der Waals surface area contributed by atoms with Crippen molar-refractivity contribution in [2.75, 3.05) is 45.0 Å². The zero-order valence-corrected chi connectivity index (χ0v) is 20.1. The van der Waals surface area contributed by atoms with Crippen molar-refractivity contribution in [1.29, 1.82) is 0 Å². The number of nitrogens with one attached hydrogen (secondary N) is 3. The molecule has 0 saturated carbocycles. The van der Waals surface area contributed by atoms with Crippen LogP contribution in [0, 0.1) is 0 Å². The lowest BCUT2D eigenvalue weighted by atomic mass is 10.1. The maximum atomic E-state index is 5.83. The number of ether oxygens (including phenoxy) is 2. The molecule has 178 valence electrons. The zero-order valence-electron chi connectivity index (χ0n) is 19.3. The van der Waals surface area contributed by atoms with E-state index in [-0.39, 0.29) is 12.4 Å². The van der Waals surface area contributed by atoms with E-state index in [1.165, 1.54) is 0 Å². The summed E-state index contributed by atoms with van der Waals surface area (Å²) < 4.78 is 11.3. The number of hydrogen-bond donors (Lipinski definition) is 3. The van der Waals surface area contributed by atoms with E-state index < -0.39 is 0 Å². The number of para-hydroxylation sites is 2. The molecule has 2 aromatic heterocycles. The SMILES string of the molecule is COc1ccccc1Nc1nc(Nc2cccc(OCCN(C)C)c2)ncc1-c1cn[nH]c1.Cl. The Kier molecular flexibility index (Phi) is 8.66. The Morgan fingerprint density at radius 3 is 2.65 bits per heavy atom. The molecule has 3 N–H and O–H groups in total. The first-order valence-corrected chi connectivity index (χ1v) is 10.5. The number of hydrogen-bond acceptors (Lipinski definition) is 8. The Balaban J connectivity index is 0.00000324. The van der Waals surface area contributed by atoms with Crippen LogP contribution < -0.4 is 20.1 Å². The second-order valence-electron chi connectivity index (χ2n) is 7.57. The van der Waals surface area contributed by atoms with Crippen LogP contribution in [0.4, 0.5) is 23.1 Å². The van der Waals surface area contributed by atoms with Gasteiger partial charge in [0, 0.05) is 41.8 Å². The summed E-state index contributed by atoms with van der Waals surface area (Å²) in [5.74, 6) is 2.57. The van der Waals surface area contributed by atoms with Gasteiger partial charge in [0.2, 0.25) is 5.95 Å². The van der Waals surface area contributed by atoms with E-state index in [1.54, 1.807) is 25.7 Å². The predicted molar refractivity (Wildman–Crippen MR) is 137 cm³/mol. The summed E-state index contributed by atoms with van der Waals surface area (Å²) in [5.41, 5.74) is 3.30. The molecule has 0 aliphatic heterocycles. The fraction of sp³-hybridized carbons (Fsp3) is 0.208. The molecule has 0 atom stereocenters. The summed E-state index contributed by atoms with van der Waals surface area (Å²) in [7, 11) is 5.67. The monoisotopic (exact) mass is 481 g/mol. The van der Waals surface area contributed by atoms with E-state index in [4.69, 9.17) is 14.5 Å². The summed E-state index contributed by atoms with van der Waals surface area (Å²) in [6, 6.07) is 15.4. The van der Waals surface area contributed by atoms with Gasteiger partial charge in [-0.05, 0) is 38.4 Å². The van der Waals surface area contributed by atoms with Crippen LogP contribution in [-0.2, 0) is 0 Å². The minimum Gasteiger partial charge on any atom is -0.495 e. The van der Waals surface area contributed by atoms with E-state index in [1.807, 2.05) is 62.6 Å². The molecular weight excluding hydrogens is 454 g/mol. The number of likely N-dealkylation sites (N-methyl/N-ethyl adjacent to an activating group) is 1. The molecule has 0 aliphatic carbocycles. The number of aromatic nitrogens is 4. The van der Waals surface area contributed by atoms with Crippen molar-refractivity contribution in [2.24, 2.45) is 0 Å². The van der Waals surface area contributed by atoms with E-state index in [9.17, 15) is 0 Å². The lowest BCUT2D eigenvalue weighted by molar-refractivity contribution is 0.261. The number of halogens is 1. The normalized spacial score (nSPS) is 10.5. The van der Waals surface area contributed by atoms with E-state index in [0.29, 0.717) is 24.1 Å². The maximum Gasteiger partial charge on any atom is 0.229 e. The Hall–Kier alpha value is -3.82. The van der Waals surface area contributed by atoms with Crippen LogP contribution in [0.3, 0.4) is 0 Å². The molecule has 4 rings (SSSR count). The molecule has 4 aromatic rings. The molecule has 0 unspecified atom stereocenters. The summed E-state index contributed by atoms with van der Waals surface area (Å²) in [4.78, 5) is 11.3. The molecule has 0 bridgehead atoms. The molecule has 0 saturated heterocycles. The molecular formula is C24H28ClN7O2. The van der Waals surface area contributed by atoms with Gasteiger partial charge in [-0.25, -0.2) is 4.98 Å². The van der Waals surface area contributed by atoms with Gasteiger partial charge in [0.1, 0.15) is 23.9 Å². The van der Waals surface area contributed by atoms with Crippen molar-refractivity contribution >= 4 is 35.5 Å². The van der Waals surface area contributed by atoms with E-state index in [0.717, 1.165) is 34.8 Å². The maximum absolute atomic E-state index is 5.83. The first-order valence-electron chi connectivity index (χ1n) is 10.5. The number of anilines is 4. The summed E-state index contributed by atoms with van der Waals surface area (Å²) >= 11 is 0. The highest BCUT2D eigenvalue weighted by Gasteiger charge is 2.13. The Labute approximate surface area is 205 Å². The highest BCUT2D eigenvalue weighted by molar-refractivity contribution is 5.85. The largest absolute Gasteiger partial charge is 0.495 e. The molecule has 9 nitrogen and oxygen atoms in total. The van der Waals surface area contributed by atoms with Crippen molar-refractivity contribution < 1.29 is 9.47 Å². The third-order valence-electron chi connectivity index (χ3n) is 4.86. The highest BCUT2D eigenvalue weighted by Crippen LogP contribution is 2.32.